The molecule has 1 N–H and O–H groups in total. The molecule has 1 fully saturated rings. The van der Waals surface area contributed by atoms with Gasteiger partial charge in [0.2, 0.25) is 0 Å². The molecule has 2 atom stereocenters. The third-order valence-electron chi connectivity index (χ3n) is 3.82. The molecule has 5 heteroatoms. The van der Waals surface area contributed by atoms with Gasteiger partial charge in [-0.2, -0.15) is 11.8 Å². The second-order valence-corrected chi connectivity index (χ2v) is 6.52. The van der Waals surface area contributed by atoms with Crippen LogP contribution >= 0.6 is 11.8 Å². The number of nitrogens with zero attached hydrogens (tertiary/aromatic N) is 3. The van der Waals surface area contributed by atoms with Gasteiger partial charge in [0.25, 0.3) is 0 Å². The highest BCUT2D eigenvalue weighted by atomic mass is 32.2. The summed E-state index contributed by atoms with van der Waals surface area (Å²) < 4.78 is 0. The molecule has 2 heterocycles. The van der Waals surface area contributed by atoms with Crippen LogP contribution in [-0.4, -0.2) is 40.6 Å². The summed E-state index contributed by atoms with van der Waals surface area (Å²) in [4.78, 5) is 11.4. The van der Waals surface area contributed by atoms with Gasteiger partial charge in [-0.15, -0.1) is 0 Å². The third kappa shape index (κ3) is 2.96. The number of nitrogens with one attached hydrogen (secondary N) is 1. The van der Waals surface area contributed by atoms with E-state index >= 15 is 0 Å². The second kappa shape index (κ2) is 6.46. The van der Waals surface area contributed by atoms with Crippen molar-refractivity contribution in [1.29, 1.82) is 0 Å². The predicted octanol–water partition coefficient (Wildman–Crippen LogP) is 2.80. The lowest BCUT2D eigenvalue weighted by atomic mass is 10.1. The zero-order valence-corrected chi connectivity index (χ0v) is 13.1. The van der Waals surface area contributed by atoms with Crippen molar-refractivity contribution in [3.63, 3.8) is 0 Å². The SMILES string of the molecule is CCCc1c(NC)ncnc1N1CCSC(C)C1C. The van der Waals surface area contributed by atoms with Gasteiger partial charge in [-0.3, -0.25) is 0 Å². The van der Waals surface area contributed by atoms with Crippen LogP contribution in [0, 0.1) is 0 Å². The first kappa shape index (κ1) is 14.4. The average Bonchev–Trinajstić information content (AvgIpc) is 2.43. The van der Waals surface area contributed by atoms with Crippen LogP contribution in [-0.2, 0) is 6.42 Å². The fourth-order valence-corrected chi connectivity index (χ4v) is 3.68. The molecule has 1 aromatic heterocycles. The molecule has 1 aliphatic heterocycles. The number of hydrogen-bond acceptors (Lipinski definition) is 5. The lowest BCUT2D eigenvalue weighted by Crippen LogP contribution is -2.45. The number of thioether (sulfide) groups is 1. The minimum atomic E-state index is 0.522. The van der Waals surface area contributed by atoms with Crippen molar-refractivity contribution < 1.29 is 0 Å². The predicted molar refractivity (Wildman–Crippen MR) is 84.3 cm³/mol. The number of aromatic nitrogens is 2. The largest absolute Gasteiger partial charge is 0.373 e. The Morgan fingerprint density at radius 1 is 1.42 bits per heavy atom. The molecule has 4 nitrogen and oxygen atoms in total. The third-order valence-corrected chi connectivity index (χ3v) is 5.15. The minimum Gasteiger partial charge on any atom is -0.373 e. The molecule has 0 spiro atoms. The van der Waals surface area contributed by atoms with Crippen molar-refractivity contribution in [3.05, 3.63) is 11.9 Å². The zero-order chi connectivity index (χ0) is 13.8. The number of rotatable bonds is 4. The summed E-state index contributed by atoms with van der Waals surface area (Å²) in [5.41, 5.74) is 1.26. The second-order valence-electron chi connectivity index (χ2n) is 5.03. The van der Waals surface area contributed by atoms with Crippen LogP contribution in [0.5, 0.6) is 0 Å². The maximum absolute atomic E-state index is 4.58. The van der Waals surface area contributed by atoms with Crippen molar-refractivity contribution in [2.24, 2.45) is 0 Å². The van der Waals surface area contributed by atoms with Gasteiger partial charge in [0, 0.05) is 36.2 Å². The Morgan fingerprint density at radius 2 is 2.21 bits per heavy atom. The van der Waals surface area contributed by atoms with Crippen molar-refractivity contribution in [2.75, 3.05) is 29.6 Å². The van der Waals surface area contributed by atoms with E-state index in [1.807, 2.05) is 7.05 Å². The maximum Gasteiger partial charge on any atom is 0.137 e. The van der Waals surface area contributed by atoms with E-state index in [9.17, 15) is 0 Å². The molecule has 0 radical (unpaired) electrons. The fourth-order valence-electron chi connectivity index (χ4n) is 2.58. The first-order valence-electron chi connectivity index (χ1n) is 7.08. The van der Waals surface area contributed by atoms with E-state index in [0.29, 0.717) is 11.3 Å². The Kier molecular flexibility index (Phi) is 4.91. The summed E-state index contributed by atoms with van der Waals surface area (Å²) in [5, 5.41) is 3.85. The van der Waals surface area contributed by atoms with Crippen LogP contribution in [0.3, 0.4) is 0 Å². The molecule has 2 unspecified atom stereocenters. The van der Waals surface area contributed by atoms with Gasteiger partial charge in [-0.05, 0) is 13.3 Å². The van der Waals surface area contributed by atoms with Crippen LogP contribution in [0.2, 0.25) is 0 Å². The van der Waals surface area contributed by atoms with Crippen LogP contribution < -0.4 is 10.2 Å². The minimum absolute atomic E-state index is 0.522. The zero-order valence-electron chi connectivity index (χ0n) is 12.3. The van der Waals surface area contributed by atoms with E-state index in [2.05, 4.69) is 52.7 Å². The fraction of sp³-hybridized carbons (Fsp3) is 0.714. The molecule has 1 saturated heterocycles. The normalized spacial score (nSPS) is 23.5. The van der Waals surface area contributed by atoms with E-state index in [4.69, 9.17) is 0 Å². The van der Waals surface area contributed by atoms with Crippen LogP contribution in [0.4, 0.5) is 11.6 Å². The van der Waals surface area contributed by atoms with Crippen molar-refractivity contribution in [3.8, 4) is 0 Å². The van der Waals surface area contributed by atoms with Crippen molar-refractivity contribution in [2.45, 2.75) is 44.9 Å². The van der Waals surface area contributed by atoms with Gasteiger partial charge < -0.3 is 10.2 Å². The van der Waals surface area contributed by atoms with Crippen LogP contribution in [0.1, 0.15) is 32.8 Å². The molecule has 0 amide bonds. The average molecular weight is 280 g/mol. The van der Waals surface area contributed by atoms with E-state index < -0.39 is 0 Å². The number of anilines is 2. The highest BCUT2D eigenvalue weighted by molar-refractivity contribution is 8.00. The Morgan fingerprint density at radius 3 is 2.89 bits per heavy atom. The Hall–Kier alpha value is -0.970. The smallest absolute Gasteiger partial charge is 0.137 e. The standard InChI is InChI=1S/C14H24N4S/c1-5-6-12-13(15-4)16-9-17-14(12)18-7-8-19-11(3)10(18)2/h9-11H,5-8H2,1-4H3,(H,15,16,17). The highest BCUT2D eigenvalue weighted by Gasteiger charge is 2.28. The molecule has 0 bridgehead atoms. The summed E-state index contributed by atoms with van der Waals surface area (Å²) in [6, 6.07) is 0.522. The van der Waals surface area contributed by atoms with Crippen molar-refractivity contribution >= 4 is 23.4 Å². The first-order valence-corrected chi connectivity index (χ1v) is 8.13. The van der Waals surface area contributed by atoms with E-state index in [1.165, 1.54) is 11.3 Å². The van der Waals surface area contributed by atoms with E-state index in [1.54, 1.807) is 6.33 Å². The molecular weight excluding hydrogens is 256 g/mol. The van der Waals surface area contributed by atoms with Crippen LogP contribution in [0.15, 0.2) is 6.33 Å². The quantitative estimate of drug-likeness (QED) is 0.918. The lowest BCUT2D eigenvalue weighted by molar-refractivity contribution is 0.616. The molecule has 1 aliphatic rings. The molecule has 1 aromatic rings. The van der Waals surface area contributed by atoms with Crippen LogP contribution in [0.25, 0.3) is 0 Å². The van der Waals surface area contributed by atoms with Gasteiger partial charge in [-0.25, -0.2) is 9.97 Å². The van der Waals surface area contributed by atoms with Gasteiger partial charge in [0.1, 0.15) is 18.0 Å². The summed E-state index contributed by atoms with van der Waals surface area (Å²) in [6.07, 6.45) is 3.82. The van der Waals surface area contributed by atoms with Crippen molar-refractivity contribution in [1.82, 2.24) is 9.97 Å². The highest BCUT2D eigenvalue weighted by Crippen LogP contribution is 2.32. The summed E-state index contributed by atoms with van der Waals surface area (Å²) in [6.45, 7) is 7.89. The van der Waals surface area contributed by atoms with Gasteiger partial charge in [0.15, 0.2) is 0 Å². The van der Waals surface area contributed by atoms with Gasteiger partial charge in [-0.1, -0.05) is 20.3 Å². The van der Waals surface area contributed by atoms with Gasteiger partial charge in [0.05, 0.1) is 0 Å². The molecule has 0 saturated carbocycles. The van der Waals surface area contributed by atoms with Gasteiger partial charge >= 0.3 is 0 Å². The Bertz CT molecular complexity index is 424. The summed E-state index contributed by atoms with van der Waals surface area (Å²) >= 11 is 2.05. The van der Waals surface area contributed by atoms with E-state index in [-0.39, 0.29) is 0 Å². The molecule has 0 aliphatic carbocycles. The molecule has 106 valence electrons. The topological polar surface area (TPSA) is 41.1 Å². The first-order chi connectivity index (χ1) is 9.19. The monoisotopic (exact) mass is 280 g/mol. The van der Waals surface area contributed by atoms with E-state index in [0.717, 1.165) is 31.0 Å². The summed E-state index contributed by atoms with van der Waals surface area (Å²) in [7, 11) is 1.93. The number of hydrogen-bond donors (Lipinski definition) is 1. The lowest BCUT2D eigenvalue weighted by Gasteiger charge is -2.39. The maximum atomic E-state index is 4.58. The Balaban J connectivity index is 2.37. The molecule has 19 heavy (non-hydrogen) atoms. The molecular formula is C14H24N4S. The summed E-state index contributed by atoms with van der Waals surface area (Å²) in [5.74, 6) is 3.28. The molecule has 2 rings (SSSR count). The Labute approximate surface area is 120 Å². The molecule has 0 aromatic carbocycles.